The van der Waals surface area contributed by atoms with E-state index in [-0.39, 0.29) is 5.91 Å². The molecule has 1 heterocycles. The quantitative estimate of drug-likeness (QED) is 0.604. The largest absolute Gasteiger partial charge is 0.284 e. The minimum Gasteiger partial charge on any atom is -0.284 e. The smallest absolute Gasteiger partial charge is 0.254 e. The molecule has 0 atom stereocenters. The molecule has 0 bridgehead atoms. The van der Waals surface area contributed by atoms with E-state index >= 15 is 0 Å². The monoisotopic (exact) mass is 171 g/mol. The molecule has 1 aromatic carbocycles. The Balaban J connectivity index is 2.71. The summed E-state index contributed by atoms with van der Waals surface area (Å²) in [6.07, 6.45) is 3.07. The molecule has 0 amide bonds. The lowest BCUT2D eigenvalue weighted by molar-refractivity contribution is 0.0974. The molecule has 64 valence electrons. The third-order valence-electron chi connectivity index (χ3n) is 2.01. The molecular formula is C11H9NO. The first-order valence-corrected chi connectivity index (χ1v) is 4.06. The number of fused-ring (bicyclic) bond motifs is 1. The van der Waals surface area contributed by atoms with Crippen molar-refractivity contribution < 1.29 is 4.79 Å². The summed E-state index contributed by atoms with van der Waals surface area (Å²) in [5.74, 6) is -0.0961. The zero-order valence-electron chi connectivity index (χ0n) is 7.10. The summed E-state index contributed by atoms with van der Waals surface area (Å²) in [5.41, 5.74) is 0.924. The molecule has 0 aliphatic carbocycles. The van der Waals surface area contributed by atoms with Crippen molar-refractivity contribution in [2.75, 3.05) is 0 Å². The lowest BCUT2D eigenvalue weighted by Gasteiger charge is -1.97. The molecule has 13 heavy (non-hydrogen) atoms. The van der Waals surface area contributed by atoms with Gasteiger partial charge in [0.15, 0.2) is 0 Å². The number of nitrogens with zero attached hydrogens (tertiary/aromatic N) is 1. The maximum absolute atomic E-state index is 11.3. The fraction of sp³-hybridized carbons (Fsp3) is 0. The van der Waals surface area contributed by atoms with Crippen molar-refractivity contribution in [3.05, 3.63) is 49.2 Å². The van der Waals surface area contributed by atoms with Crippen LogP contribution in [0.4, 0.5) is 0 Å². The van der Waals surface area contributed by atoms with Crippen LogP contribution in [0.5, 0.6) is 0 Å². The van der Waals surface area contributed by atoms with Crippen molar-refractivity contribution in [2.45, 2.75) is 0 Å². The molecule has 0 saturated carbocycles. The number of allylic oxidation sites excluding steroid dienone is 1. The van der Waals surface area contributed by atoms with E-state index in [0.717, 1.165) is 10.9 Å². The molecule has 0 saturated heterocycles. The van der Waals surface area contributed by atoms with Gasteiger partial charge in [-0.2, -0.15) is 0 Å². The van der Waals surface area contributed by atoms with Gasteiger partial charge >= 0.3 is 0 Å². The summed E-state index contributed by atoms with van der Waals surface area (Å²) in [5, 5.41) is 1.07. The van der Waals surface area contributed by atoms with Crippen molar-refractivity contribution in [3.8, 4) is 0 Å². The highest BCUT2D eigenvalue weighted by atomic mass is 16.1. The van der Waals surface area contributed by atoms with Crippen LogP contribution >= 0.6 is 0 Å². The molecule has 0 unspecified atom stereocenters. The number of carbonyl (C=O) groups excluding carboxylic acids is 1. The second-order valence-corrected chi connectivity index (χ2v) is 2.79. The van der Waals surface area contributed by atoms with Gasteiger partial charge in [0.05, 0.1) is 5.52 Å². The van der Waals surface area contributed by atoms with Crippen LogP contribution in [-0.4, -0.2) is 10.5 Å². The van der Waals surface area contributed by atoms with E-state index < -0.39 is 0 Å². The third-order valence-corrected chi connectivity index (χ3v) is 2.01. The molecule has 0 radical (unpaired) electrons. The van der Waals surface area contributed by atoms with Crippen LogP contribution in [0.2, 0.25) is 0 Å². The summed E-state index contributed by atoms with van der Waals surface area (Å²) >= 11 is 0. The van der Waals surface area contributed by atoms with Gasteiger partial charge in [-0.1, -0.05) is 24.8 Å². The number of rotatable bonds is 1. The van der Waals surface area contributed by atoms with Crippen molar-refractivity contribution in [3.63, 3.8) is 0 Å². The summed E-state index contributed by atoms with van der Waals surface area (Å²) in [6.45, 7) is 3.45. The predicted octanol–water partition coefficient (Wildman–Crippen LogP) is 2.47. The molecule has 0 N–H and O–H groups in total. The number of hydrogen-bond donors (Lipinski definition) is 0. The van der Waals surface area contributed by atoms with Gasteiger partial charge in [-0.15, -0.1) is 0 Å². The Labute approximate surface area is 76.1 Å². The molecule has 1 aromatic heterocycles. The van der Waals surface area contributed by atoms with Crippen LogP contribution in [0.3, 0.4) is 0 Å². The molecule has 0 spiro atoms. The van der Waals surface area contributed by atoms with Gasteiger partial charge in [-0.3, -0.25) is 9.36 Å². The number of para-hydroxylation sites is 1. The standard InChI is InChI=1S/C11H9NO/c1-2-11(13)12-8-7-9-5-3-4-6-10(9)12/h2-8H,1H2. The molecule has 2 nitrogen and oxygen atoms in total. The van der Waals surface area contributed by atoms with E-state index in [0.29, 0.717) is 0 Å². The van der Waals surface area contributed by atoms with E-state index in [1.54, 1.807) is 10.8 Å². The van der Waals surface area contributed by atoms with E-state index in [9.17, 15) is 4.79 Å². The van der Waals surface area contributed by atoms with Crippen LogP contribution < -0.4 is 0 Å². The third kappa shape index (κ3) is 1.16. The normalized spacial score (nSPS) is 10.2. The van der Waals surface area contributed by atoms with Crippen molar-refractivity contribution >= 4 is 16.8 Å². The van der Waals surface area contributed by atoms with Crippen LogP contribution in [-0.2, 0) is 0 Å². The molecule has 0 fully saturated rings. The first kappa shape index (κ1) is 7.80. The highest BCUT2D eigenvalue weighted by Crippen LogP contribution is 2.14. The lowest BCUT2D eigenvalue weighted by Crippen LogP contribution is -2.04. The number of benzene rings is 1. The number of carbonyl (C=O) groups is 1. The van der Waals surface area contributed by atoms with E-state index in [1.165, 1.54) is 6.08 Å². The first-order valence-electron chi connectivity index (χ1n) is 4.06. The maximum Gasteiger partial charge on any atom is 0.254 e. The maximum atomic E-state index is 11.3. The van der Waals surface area contributed by atoms with Gasteiger partial charge in [0.25, 0.3) is 5.91 Å². The first-order chi connectivity index (χ1) is 6.33. The molecule has 0 aliphatic heterocycles. The molecule has 0 aliphatic rings. The van der Waals surface area contributed by atoms with Crippen molar-refractivity contribution in [2.24, 2.45) is 0 Å². The van der Waals surface area contributed by atoms with Crippen molar-refractivity contribution in [1.82, 2.24) is 4.57 Å². The fourth-order valence-corrected chi connectivity index (χ4v) is 1.37. The molecule has 2 aromatic rings. The summed E-state index contributed by atoms with van der Waals surface area (Å²) in [4.78, 5) is 11.3. The van der Waals surface area contributed by atoms with E-state index in [2.05, 4.69) is 6.58 Å². The number of hydrogen-bond acceptors (Lipinski definition) is 1. The van der Waals surface area contributed by atoms with Gasteiger partial charge < -0.3 is 0 Å². The summed E-state index contributed by atoms with van der Waals surface area (Å²) < 4.78 is 1.59. The summed E-state index contributed by atoms with van der Waals surface area (Å²) in [6, 6.07) is 9.66. The van der Waals surface area contributed by atoms with Gasteiger partial charge in [0, 0.05) is 11.6 Å². The Morgan fingerprint density at radius 1 is 1.31 bits per heavy atom. The second-order valence-electron chi connectivity index (χ2n) is 2.79. The minimum atomic E-state index is -0.0961. The zero-order chi connectivity index (χ0) is 9.26. The SMILES string of the molecule is C=CC(=O)n1ccc2ccccc21. The van der Waals surface area contributed by atoms with E-state index in [4.69, 9.17) is 0 Å². The highest BCUT2D eigenvalue weighted by Gasteiger charge is 2.03. The Morgan fingerprint density at radius 2 is 2.08 bits per heavy atom. The Hall–Kier alpha value is -1.83. The molecule has 2 rings (SSSR count). The predicted molar refractivity (Wildman–Crippen MR) is 52.8 cm³/mol. The van der Waals surface area contributed by atoms with E-state index in [1.807, 2.05) is 30.3 Å². The van der Waals surface area contributed by atoms with Gasteiger partial charge in [0.1, 0.15) is 0 Å². The number of aromatic nitrogens is 1. The van der Waals surface area contributed by atoms with Crippen molar-refractivity contribution in [1.29, 1.82) is 0 Å². The fourth-order valence-electron chi connectivity index (χ4n) is 1.37. The average Bonchev–Trinajstić information content (AvgIpc) is 2.60. The van der Waals surface area contributed by atoms with Crippen LogP contribution in [0.15, 0.2) is 49.2 Å². The van der Waals surface area contributed by atoms with Gasteiger partial charge in [-0.25, -0.2) is 0 Å². The van der Waals surface area contributed by atoms with Gasteiger partial charge in [0.2, 0.25) is 0 Å². The molecular weight excluding hydrogens is 162 g/mol. The highest BCUT2D eigenvalue weighted by molar-refractivity contribution is 5.97. The lowest BCUT2D eigenvalue weighted by atomic mass is 10.2. The minimum absolute atomic E-state index is 0.0961. The Morgan fingerprint density at radius 3 is 2.85 bits per heavy atom. The average molecular weight is 171 g/mol. The topological polar surface area (TPSA) is 22.0 Å². The summed E-state index contributed by atoms with van der Waals surface area (Å²) in [7, 11) is 0. The van der Waals surface area contributed by atoms with Gasteiger partial charge in [-0.05, 0) is 18.2 Å². The van der Waals surface area contributed by atoms with Crippen LogP contribution in [0, 0.1) is 0 Å². The van der Waals surface area contributed by atoms with Crippen LogP contribution in [0.1, 0.15) is 4.79 Å². The Kier molecular flexibility index (Phi) is 1.74. The Bertz CT molecular complexity index is 468. The van der Waals surface area contributed by atoms with Crippen LogP contribution in [0.25, 0.3) is 10.9 Å². The molecule has 2 heteroatoms. The zero-order valence-corrected chi connectivity index (χ0v) is 7.10. The second kappa shape index (κ2) is 2.90.